The van der Waals surface area contributed by atoms with Crippen LogP contribution < -0.4 is 4.90 Å². The molecule has 2 fully saturated rings. The quantitative estimate of drug-likeness (QED) is 0.553. The number of hydrogen-bond donors (Lipinski definition) is 0. The van der Waals surface area contributed by atoms with Gasteiger partial charge in [0.05, 0.1) is 37.9 Å². The van der Waals surface area contributed by atoms with Crippen LogP contribution in [0.5, 0.6) is 0 Å². The highest BCUT2D eigenvalue weighted by molar-refractivity contribution is 5.69. The molecule has 2 atom stereocenters. The van der Waals surface area contributed by atoms with E-state index in [0.717, 1.165) is 6.20 Å². The number of nitrogens with zero attached hydrogens (tertiary/aromatic N) is 5. The Labute approximate surface area is 220 Å². The first-order valence-electron chi connectivity index (χ1n) is 15.5. The molecular formula is C26H34F3N5O2. The zero-order valence-electron chi connectivity index (χ0n) is 27.2. The van der Waals surface area contributed by atoms with Gasteiger partial charge in [-0.15, -0.1) is 0 Å². The lowest BCUT2D eigenvalue weighted by Crippen LogP contribution is -2.59. The maximum absolute atomic E-state index is 12.9. The molecule has 36 heavy (non-hydrogen) atoms. The molecule has 0 N–H and O–H groups in total. The molecule has 196 valence electrons. The Balaban J connectivity index is 1.27. The van der Waals surface area contributed by atoms with Crippen LogP contribution >= 0.6 is 0 Å². The van der Waals surface area contributed by atoms with Crippen molar-refractivity contribution in [3.63, 3.8) is 0 Å². The van der Waals surface area contributed by atoms with E-state index >= 15 is 0 Å². The molecule has 2 aliphatic heterocycles. The standard InChI is InChI=1S/C26H34F3N5O2/c1-19-16-33(24-15-30-23(14-31-24)26(27,28)29)17-20(2)34(19)25(35)36-13-10-21-8-11-32(12-9-21)18-22-6-4-3-5-7-22/h3-7,14-15,19-21H,8-13,16-18H2,1-2H3/t19-,20+/i3D,4D,5D,6D,7D,18D2. The van der Waals surface area contributed by atoms with Gasteiger partial charge in [0.1, 0.15) is 5.82 Å². The van der Waals surface area contributed by atoms with Crippen LogP contribution in [0.1, 0.15) is 54.0 Å². The van der Waals surface area contributed by atoms with E-state index < -0.39 is 54.7 Å². The van der Waals surface area contributed by atoms with Crippen LogP contribution in [-0.2, 0) is 17.4 Å². The van der Waals surface area contributed by atoms with E-state index in [4.69, 9.17) is 14.3 Å². The zero-order chi connectivity index (χ0) is 31.9. The van der Waals surface area contributed by atoms with Gasteiger partial charge < -0.3 is 9.64 Å². The van der Waals surface area contributed by atoms with E-state index in [-0.39, 0.29) is 30.2 Å². The topological polar surface area (TPSA) is 61.8 Å². The highest BCUT2D eigenvalue weighted by atomic mass is 19.4. The summed E-state index contributed by atoms with van der Waals surface area (Å²) in [7, 11) is 0. The summed E-state index contributed by atoms with van der Waals surface area (Å²) >= 11 is 0. The van der Waals surface area contributed by atoms with E-state index in [1.165, 1.54) is 4.90 Å². The summed E-state index contributed by atoms with van der Waals surface area (Å²) in [6.45, 7) is 2.82. The molecule has 0 saturated carbocycles. The van der Waals surface area contributed by atoms with E-state index in [1.54, 1.807) is 9.80 Å². The van der Waals surface area contributed by atoms with Gasteiger partial charge in [-0.1, -0.05) is 30.2 Å². The molecule has 0 bridgehead atoms. The second-order valence-electron chi connectivity index (χ2n) is 9.21. The van der Waals surface area contributed by atoms with Crippen LogP contribution in [0, 0.1) is 5.92 Å². The van der Waals surface area contributed by atoms with Crippen LogP contribution in [-0.4, -0.2) is 70.7 Å². The number of piperazine rings is 1. The van der Waals surface area contributed by atoms with E-state index in [1.807, 2.05) is 13.8 Å². The van der Waals surface area contributed by atoms with Crippen molar-refractivity contribution in [1.29, 1.82) is 0 Å². The van der Waals surface area contributed by atoms with Crippen molar-refractivity contribution in [2.45, 2.75) is 57.9 Å². The van der Waals surface area contributed by atoms with Crippen molar-refractivity contribution in [3.8, 4) is 0 Å². The number of amides is 1. The summed E-state index contributed by atoms with van der Waals surface area (Å²) in [5.41, 5.74) is -1.45. The third-order valence-corrected chi connectivity index (χ3v) is 6.52. The molecule has 1 amide bonds. The monoisotopic (exact) mass is 512 g/mol. The number of alkyl halides is 3. The van der Waals surface area contributed by atoms with Gasteiger partial charge in [0, 0.05) is 22.3 Å². The molecule has 0 radical (unpaired) electrons. The Bertz CT molecular complexity index is 1290. The van der Waals surface area contributed by atoms with Gasteiger partial charge in [-0.25, -0.2) is 14.8 Å². The predicted octanol–water partition coefficient (Wildman–Crippen LogP) is 4.83. The van der Waals surface area contributed by atoms with Crippen LogP contribution in [0.2, 0.25) is 0 Å². The molecule has 2 aliphatic rings. The van der Waals surface area contributed by atoms with Crippen LogP contribution in [0.25, 0.3) is 0 Å². The number of carbonyl (C=O) groups excluding carboxylic acids is 1. The highest BCUT2D eigenvalue weighted by Gasteiger charge is 2.36. The van der Waals surface area contributed by atoms with Gasteiger partial charge in [-0.05, 0) is 57.7 Å². The van der Waals surface area contributed by atoms with Crippen LogP contribution in [0.3, 0.4) is 0 Å². The van der Waals surface area contributed by atoms with Gasteiger partial charge in [-0.2, -0.15) is 13.2 Å². The first kappa shape index (κ1) is 18.4. The third kappa shape index (κ3) is 6.66. The fraction of sp³-hybridized carbons (Fsp3) is 0.577. The Morgan fingerprint density at radius 3 is 2.36 bits per heavy atom. The summed E-state index contributed by atoms with van der Waals surface area (Å²) in [6, 6.07) is -3.42. The third-order valence-electron chi connectivity index (χ3n) is 6.52. The van der Waals surface area contributed by atoms with Crippen molar-refractivity contribution in [2.75, 3.05) is 37.7 Å². The molecule has 2 saturated heterocycles. The molecule has 10 heteroatoms. The number of likely N-dealkylation sites (tertiary alicyclic amines) is 1. The number of ether oxygens (including phenoxy) is 1. The number of halogens is 3. The Morgan fingerprint density at radius 1 is 1.11 bits per heavy atom. The number of benzene rings is 1. The minimum atomic E-state index is -4.58. The van der Waals surface area contributed by atoms with Crippen LogP contribution in [0.15, 0.2) is 42.6 Å². The number of carbonyl (C=O) groups is 1. The van der Waals surface area contributed by atoms with Gasteiger partial charge in [0.25, 0.3) is 0 Å². The lowest BCUT2D eigenvalue weighted by molar-refractivity contribution is -0.141. The molecule has 3 heterocycles. The summed E-state index contributed by atoms with van der Waals surface area (Å²) < 4.78 is 101. The molecule has 1 aromatic heterocycles. The van der Waals surface area contributed by atoms with Crippen molar-refractivity contribution < 1.29 is 32.3 Å². The maximum atomic E-state index is 12.9. The Kier molecular flexibility index (Phi) is 5.85. The van der Waals surface area contributed by atoms with Gasteiger partial charge in [-0.3, -0.25) is 9.80 Å². The summed E-state index contributed by atoms with van der Waals surface area (Å²) in [4.78, 5) is 25.2. The van der Waals surface area contributed by atoms with E-state index in [2.05, 4.69) is 9.97 Å². The van der Waals surface area contributed by atoms with Crippen molar-refractivity contribution >= 4 is 11.9 Å². The molecule has 0 aliphatic carbocycles. The number of hydrogen-bond acceptors (Lipinski definition) is 6. The summed E-state index contributed by atoms with van der Waals surface area (Å²) in [5.74, 6) is 0.437. The van der Waals surface area contributed by atoms with Crippen molar-refractivity contribution in [1.82, 2.24) is 19.8 Å². The number of rotatable bonds is 6. The molecule has 7 nitrogen and oxygen atoms in total. The lowest BCUT2D eigenvalue weighted by atomic mass is 9.93. The first-order valence-corrected chi connectivity index (χ1v) is 12.0. The summed E-state index contributed by atoms with van der Waals surface area (Å²) in [5, 5.41) is 0. The highest BCUT2D eigenvalue weighted by Crippen LogP contribution is 2.28. The fourth-order valence-corrected chi connectivity index (χ4v) is 4.69. The summed E-state index contributed by atoms with van der Waals surface area (Å²) in [6.07, 6.45) is -1.58. The maximum Gasteiger partial charge on any atom is 0.434 e. The predicted molar refractivity (Wildman–Crippen MR) is 130 cm³/mol. The molecular weight excluding hydrogens is 471 g/mol. The second kappa shape index (κ2) is 11.5. The van der Waals surface area contributed by atoms with Crippen molar-refractivity contribution in [3.05, 3.63) is 53.9 Å². The zero-order valence-corrected chi connectivity index (χ0v) is 20.2. The molecule has 1 aromatic carbocycles. The van der Waals surface area contributed by atoms with E-state index in [9.17, 15) is 18.0 Å². The second-order valence-corrected chi connectivity index (χ2v) is 9.21. The molecule has 2 aromatic rings. The average molecular weight is 513 g/mol. The lowest BCUT2D eigenvalue weighted by Gasteiger charge is -2.44. The number of aromatic nitrogens is 2. The Hall–Kier alpha value is -2.88. The number of piperidine rings is 1. The Morgan fingerprint density at radius 2 is 1.78 bits per heavy atom. The van der Waals surface area contributed by atoms with Gasteiger partial charge >= 0.3 is 12.3 Å². The van der Waals surface area contributed by atoms with Gasteiger partial charge in [0.2, 0.25) is 0 Å². The van der Waals surface area contributed by atoms with Crippen molar-refractivity contribution in [2.24, 2.45) is 5.92 Å². The minimum absolute atomic E-state index is 0.143. The molecule has 0 unspecified atom stereocenters. The van der Waals surface area contributed by atoms with Gasteiger partial charge in [0.15, 0.2) is 5.69 Å². The minimum Gasteiger partial charge on any atom is -0.449 e. The average Bonchev–Trinajstić information content (AvgIpc) is 2.94. The normalized spacial score (nSPS) is 25.2. The largest absolute Gasteiger partial charge is 0.449 e. The SMILES string of the molecule is [2H]c1c([2H])c([2H])c(C([2H])([2H])N2CCC(CCOC(=O)N3[C@H](C)CN(c4cnc(C(F)(F)F)cn4)C[C@@H]3C)CC2)c([2H])c1[2H]. The number of anilines is 1. The first-order chi connectivity index (χ1) is 20.0. The molecule has 0 spiro atoms. The fourth-order valence-electron chi connectivity index (χ4n) is 4.69. The molecule has 4 rings (SSSR count). The van der Waals surface area contributed by atoms with E-state index in [0.29, 0.717) is 57.5 Å². The van der Waals surface area contributed by atoms with Crippen LogP contribution in [0.4, 0.5) is 23.8 Å². The smallest absolute Gasteiger partial charge is 0.434 e.